The van der Waals surface area contributed by atoms with Gasteiger partial charge in [0, 0.05) is 30.9 Å². The lowest BCUT2D eigenvalue weighted by Gasteiger charge is -2.28. The summed E-state index contributed by atoms with van der Waals surface area (Å²) >= 11 is 0. The van der Waals surface area contributed by atoms with Crippen LogP contribution >= 0.6 is 0 Å². The number of hydrogen-bond donors (Lipinski definition) is 1. The number of nitrogens with one attached hydrogen (secondary N) is 1. The first-order valence-corrected chi connectivity index (χ1v) is 9.41. The highest BCUT2D eigenvalue weighted by atomic mass is 16.1. The minimum absolute atomic E-state index is 0.0143. The van der Waals surface area contributed by atoms with Crippen LogP contribution in [0.4, 0.5) is 5.69 Å². The number of amides is 1. The van der Waals surface area contributed by atoms with Gasteiger partial charge in [0.05, 0.1) is 0 Å². The molecule has 1 aliphatic heterocycles. The molecule has 1 saturated heterocycles. The van der Waals surface area contributed by atoms with Crippen molar-refractivity contribution in [3.63, 3.8) is 0 Å². The van der Waals surface area contributed by atoms with Crippen LogP contribution in [0.3, 0.4) is 0 Å². The topological polar surface area (TPSA) is 32.3 Å². The third kappa shape index (κ3) is 5.09. The smallest absolute Gasteiger partial charge is 0.251 e. The van der Waals surface area contributed by atoms with Gasteiger partial charge in [-0.2, -0.15) is 0 Å². The predicted molar refractivity (Wildman–Crippen MR) is 104 cm³/mol. The maximum absolute atomic E-state index is 12.1. The van der Waals surface area contributed by atoms with Crippen LogP contribution < -0.4 is 10.2 Å². The fourth-order valence-electron chi connectivity index (χ4n) is 3.33. The Morgan fingerprint density at radius 2 is 1.64 bits per heavy atom. The highest BCUT2D eigenvalue weighted by Crippen LogP contribution is 2.20. The van der Waals surface area contributed by atoms with Crippen molar-refractivity contribution in [2.45, 2.75) is 39.0 Å². The number of carbonyl (C=O) groups is 1. The molecule has 0 spiro atoms. The summed E-state index contributed by atoms with van der Waals surface area (Å²) in [5.74, 6) is 0.0143. The molecule has 1 heterocycles. The summed E-state index contributed by atoms with van der Waals surface area (Å²) in [6.45, 7) is 5.10. The molecule has 0 unspecified atom stereocenters. The maximum atomic E-state index is 12.1. The number of carbonyl (C=O) groups excluding carboxylic acids is 1. The van der Waals surface area contributed by atoms with Crippen molar-refractivity contribution in [3.8, 4) is 0 Å². The molecule has 0 saturated carbocycles. The van der Waals surface area contributed by atoms with Crippen LogP contribution in [-0.4, -0.2) is 25.5 Å². The van der Waals surface area contributed by atoms with Crippen LogP contribution in [-0.2, 0) is 6.42 Å². The van der Waals surface area contributed by atoms with E-state index in [0.29, 0.717) is 6.54 Å². The van der Waals surface area contributed by atoms with Crippen LogP contribution in [0.2, 0.25) is 0 Å². The van der Waals surface area contributed by atoms with Gasteiger partial charge in [-0.3, -0.25) is 4.79 Å². The molecule has 3 heteroatoms. The molecular weight excluding hydrogens is 308 g/mol. The highest BCUT2D eigenvalue weighted by molar-refractivity contribution is 5.94. The zero-order valence-corrected chi connectivity index (χ0v) is 15.1. The third-order valence-corrected chi connectivity index (χ3v) is 4.90. The van der Waals surface area contributed by atoms with Gasteiger partial charge in [-0.15, -0.1) is 0 Å². The Bertz CT molecular complexity index is 670. The first kappa shape index (κ1) is 17.5. The first-order chi connectivity index (χ1) is 12.2. The van der Waals surface area contributed by atoms with E-state index in [9.17, 15) is 4.79 Å². The lowest BCUT2D eigenvalue weighted by atomic mass is 10.1. The second-order valence-corrected chi connectivity index (χ2v) is 6.94. The van der Waals surface area contributed by atoms with Crippen LogP contribution in [0.5, 0.6) is 0 Å². The number of hydrogen-bond acceptors (Lipinski definition) is 2. The summed E-state index contributed by atoms with van der Waals surface area (Å²) in [6, 6.07) is 16.6. The number of nitrogens with zero attached hydrogens (tertiary/aromatic N) is 1. The molecule has 1 N–H and O–H groups in total. The van der Waals surface area contributed by atoms with Crippen molar-refractivity contribution in [1.82, 2.24) is 5.32 Å². The Labute approximate surface area is 151 Å². The van der Waals surface area contributed by atoms with Gasteiger partial charge < -0.3 is 10.2 Å². The molecule has 2 aromatic rings. The quantitative estimate of drug-likeness (QED) is 0.796. The monoisotopic (exact) mass is 336 g/mol. The lowest BCUT2D eigenvalue weighted by molar-refractivity contribution is 0.0953. The van der Waals surface area contributed by atoms with Gasteiger partial charge in [-0.05, 0) is 68.9 Å². The minimum Gasteiger partial charge on any atom is -0.372 e. The second kappa shape index (κ2) is 8.70. The van der Waals surface area contributed by atoms with Gasteiger partial charge >= 0.3 is 0 Å². The number of rotatable bonds is 6. The van der Waals surface area contributed by atoms with Crippen molar-refractivity contribution in [3.05, 3.63) is 65.2 Å². The molecule has 1 amide bonds. The largest absolute Gasteiger partial charge is 0.372 e. The van der Waals surface area contributed by atoms with Gasteiger partial charge in [0.25, 0.3) is 5.91 Å². The van der Waals surface area contributed by atoms with E-state index < -0.39 is 0 Å². The van der Waals surface area contributed by atoms with Crippen molar-refractivity contribution in [2.24, 2.45) is 0 Å². The van der Waals surface area contributed by atoms with E-state index in [1.807, 2.05) is 31.2 Å². The molecule has 0 atom stereocenters. The first-order valence-electron chi connectivity index (χ1n) is 9.41. The molecule has 0 aliphatic carbocycles. The Hall–Kier alpha value is -2.29. The second-order valence-electron chi connectivity index (χ2n) is 6.94. The Kier molecular flexibility index (Phi) is 6.10. The predicted octanol–water partition coefficient (Wildman–Crippen LogP) is 4.35. The zero-order valence-electron chi connectivity index (χ0n) is 15.1. The highest BCUT2D eigenvalue weighted by Gasteiger charge is 2.10. The fourth-order valence-corrected chi connectivity index (χ4v) is 3.33. The SMILES string of the molecule is Cc1ccc(C(=O)NCCCc2ccc(N3CCCCC3)cc2)cc1. The summed E-state index contributed by atoms with van der Waals surface area (Å²) in [4.78, 5) is 14.6. The summed E-state index contributed by atoms with van der Waals surface area (Å²) in [5.41, 5.74) is 4.59. The molecule has 3 rings (SSSR count). The summed E-state index contributed by atoms with van der Waals surface area (Å²) in [5, 5.41) is 3.00. The molecule has 25 heavy (non-hydrogen) atoms. The number of aryl methyl sites for hydroxylation is 2. The zero-order chi connectivity index (χ0) is 17.5. The van der Waals surface area contributed by atoms with Crippen LogP contribution in [0, 0.1) is 6.92 Å². The Morgan fingerprint density at radius 1 is 0.960 bits per heavy atom. The van der Waals surface area contributed by atoms with Crippen molar-refractivity contribution >= 4 is 11.6 Å². The summed E-state index contributed by atoms with van der Waals surface area (Å²) in [6.07, 6.45) is 5.93. The standard InChI is InChI=1S/C22H28N2O/c1-18-7-11-20(12-8-18)22(25)23-15-5-6-19-9-13-21(14-10-19)24-16-3-2-4-17-24/h7-14H,2-6,15-17H2,1H3,(H,23,25). The normalized spacial score (nSPS) is 14.4. The van der Waals surface area contributed by atoms with E-state index in [1.165, 1.54) is 49.2 Å². The lowest BCUT2D eigenvalue weighted by Crippen LogP contribution is -2.29. The van der Waals surface area contributed by atoms with Gasteiger partial charge in [0.15, 0.2) is 0 Å². The minimum atomic E-state index is 0.0143. The van der Waals surface area contributed by atoms with E-state index in [0.717, 1.165) is 18.4 Å². The van der Waals surface area contributed by atoms with Gasteiger partial charge in [-0.1, -0.05) is 29.8 Å². The van der Waals surface area contributed by atoms with Gasteiger partial charge in [-0.25, -0.2) is 0 Å². The van der Waals surface area contributed by atoms with E-state index in [1.54, 1.807) is 0 Å². The Morgan fingerprint density at radius 3 is 2.32 bits per heavy atom. The summed E-state index contributed by atoms with van der Waals surface area (Å²) in [7, 11) is 0. The number of benzene rings is 2. The molecule has 0 aromatic heterocycles. The number of anilines is 1. The molecule has 3 nitrogen and oxygen atoms in total. The van der Waals surface area contributed by atoms with Crippen molar-refractivity contribution in [2.75, 3.05) is 24.5 Å². The van der Waals surface area contributed by atoms with Crippen LogP contribution in [0.15, 0.2) is 48.5 Å². The van der Waals surface area contributed by atoms with Gasteiger partial charge in [0.1, 0.15) is 0 Å². The molecule has 1 fully saturated rings. The van der Waals surface area contributed by atoms with E-state index in [2.05, 4.69) is 34.5 Å². The van der Waals surface area contributed by atoms with E-state index in [-0.39, 0.29) is 5.91 Å². The molecule has 2 aromatic carbocycles. The molecule has 1 aliphatic rings. The fraction of sp³-hybridized carbons (Fsp3) is 0.409. The third-order valence-electron chi connectivity index (χ3n) is 4.90. The average Bonchev–Trinajstić information content (AvgIpc) is 2.67. The molecule has 0 bridgehead atoms. The summed E-state index contributed by atoms with van der Waals surface area (Å²) < 4.78 is 0. The van der Waals surface area contributed by atoms with Crippen LogP contribution in [0.25, 0.3) is 0 Å². The number of piperidine rings is 1. The van der Waals surface area contributed by atoms with Gasteiger partial charge in [0.2, 0.25) is 0 Å². The van der Waals surface area contributed by atoms with Crippen molar-refractivity contribution in [1.29, 1.82) is 0 Å². The molecule has 0 radical (unpaired) electrons. The maximum Gasteiger partial charge on any atom is 0.251 e. The van der Waals surface area contributed by atoms with E-state index >= 15 is 0 Å². The van der Waals surface area contributed by atoms with Crippen LogP contribution in [0.1, 0.15) is 47.2 Å². The van der Waals surface area contributed by atoms with E-state index in [4.69, 9.17) is 0 Å². The van der Waals surface area contributed by atoms with Crippen molar-refractivity contribution < 1.29 is 4.79 Å². The Balaban J connectivity index is 1.41. The molecular formula is C22H28N2O. The molecule has 132 valence electrons. The average molecular weight is 336 g/mol.